The fourth-order valence-corrected chi connectivity index (χ4v) is 4.77. The van der Waals surface area contributed by atoms with E-state index in [4.69, 9.17) is 0 Å². The third-order valence-corrected chi connectivity index (χ3v) is 6.70. The average Bonchev–Trinajstić information content (AvgIpc) is 3.01. The van der Waals surface area contributed by atoms with Crippen LogP contribution in [-0.2, 0) is 25.4 Å². The number of amides is 2. The van der Waals surface area contributed by atoms with Gasteiger partial charge in [0.05, 0.1) is 10.6 Å². The molecule has 1 aliphatic heterocycles. The lowest BCUT2D eigenvalue weighted by Gasteiger charge is -2.14. The standard InChI is InChI=1S/C19H19FN2O4S2/c20-17-4-2-1-3-14(17)13-27-12-11-21-28(25,26)16-7-5-15(6-8-16)22-18(23)9-10-19(22)24/h1-8,21H,9-13H2. The van der Waals surface area contributed by atoms with Crippen molar-refractivity contribution in [3.8, 4) is 0 Å². The van der Waals surface area contributed by atoms with Gasteiger partial charge in [-0.3, -0.25) is 14.5 Å². The number of anilines is 1. The van der Waals surface area contributed by atoms with Crippen LogP contribution in [0.5, 0.6) is 0 Å². The van der Waals surface area contributed by atoms with Gasteiger partial charge in [-0.2, -0.15) is 11.8 Å². The minimum absolute atomic E-state index is 0.0504. The molecule has 148 valence electrons. The first-order chi connectivity index (χ1) is 13.4. The lowest BCUT2D eigenvalue weighted by molar-refractivity contribution is -0.121. The Morgan fingerprint density at radius 3 is 2.29 bits per heavy atom. The van der Waals surface area contributed by atoms with Crippen LogP contribution in [0.3, 0.4) is 0 Å². The van der Waals surface area contributed by atoms with Crippen molar-refractivity contribution in [2.24, 2.45) is 0 Å². The Bertz CT molecular complexity index is 962. The molecule has 28 heavy (non-hydrogen) atoms. The van der Waals surface area contributed by atoms with Crippen molar-refractivity contribution in [2.45, 2.75) is 23.5 Å². The number of carbonyl (C=O) groups excluding carboxylic acids is 2. The molecule has 0 aromatic heterocycles. The van der Waals surface area contributed by atoms with Crippen molar-refractivity contribution in [1.82, 2.24) is 4.72 Å². The van der Waals surface area contributed by atoms with Crippen LogP contribution < -0.4 is 9.62 Å². The Hall–Kier alpha value is -2.23. The minimum Gasteiger partial charge on any atom is -0.274 e. The zero-order valence-corrected chi connectivity index (χ0v) is 16.6. The molecule has 1 fully saturated rings. The fraction of sp³-hybridized carbons (Fsp3) is 0.263. The molecule has 2 aromatic carbocycles. The van der Waals surface area contributed by atoms with Gasteiger partial charge in [0, 0.05) is 30.9 Å². The molecular weight excluding hydrogens is 403 g/mol. The van der Waals surface area contributed by atoms with Gasteiger partial charge in [-0.25, -0.2) is 17.5 Å². The van der Waals surface area contributed by atoms with Crippen molar-refractivity contribution in [3.63, 3.8) is 0 Å². The highest BCUT2D eigenvalue weighted by Crippen LogP contribution is 2.24. The van der Waals surface area contributed by atoms with E-state index in [0.29, 0.717) is 22.8 Å². The molecule has 0 saturated carbocycles. The normalized spacial score (nSPS) is 14.7. The Morgan fingerprint density at radius 1 is 1.00 bits per heavy atom. The summed E-state index contributed by atoms with van der Waals surface area (Å²) in [6.45, 7) is 0.201. The fourth-order valence-electron chi connectivity index (χ4n) is 2.77. The van der Waals surface area contributed by atoms with Gasteiger partial charge in [-0.05, 0) is 35.9 Å². The lowest BCUT2D eigenvalue weighted by Crippen LogP contribution is -2.29. The zero-order chi connectivity index (χ0) is 20.1. The predicted molar refractivity (Wildman–Crippen MR) is 106 cm³/mol. The number of thioether (sulfide) groups is 1. The van der Waals surface area contributed by atoms with E-state index >= 15 is 0 Å². The van der Waals surface area contributed by atoms with Crippen LogP contribution in [0.4, 0.5) is 10.1 Å². The second-order valence-corrected chi connectivity index (χ2v) is 9.03. The molecule has 2 amide bonds. The first-order valence-corrected chi connectivity index (χ1v) is 11.3. The molecule has 1 N–H and O–H groups in total. The number of nitrogens with one attached hydrogen (secondary N) is 1. The Morgan fingerprint density at radius 2 is 1.64 bits per heavy atom. The van der Waals surface area contributed by atoms with E-state index in [1.807, 2.05) is 0 Å². The van der Waals surface area contributed by atoms with Gasteiger partial charge >= 0.3 is 0 Å². The van der Waals surface area contributed by atoms with E-state index in [1.54, 1.807) is 18.2 Å². The highest BCUT2D eigenvalue weighted by atomic mass is 32.2. The van der Waals surface area contributed by atoms with E-state index < -0.39 is 10.0 Å². The molecule has 0 bridgehead atoms. The number of imide groups is 1. The summed E-state index contributed by atoms with van der Waals surface area (Å²) < 4.78 is 40.7. The number of carbonyl (C=O) groups is 2. The van der Waals surface area contributed by atoms with E-state index in [9.17, 15) is 22.4 Å². The van der Waals surface area contributed by atoms with Crippen molar-refractivity contribution < 1.29 is 22.4 Å². The summed E-state index contributed by atoms with van der Waals surface area (Å²) in [4.78, 5) is 24.6. The van der Waals surface area contributed by atoms with Crippen LogP contribution >= 0.6 is 11.8 Å². The topological polar surface area (TPSA) is 83.6 Å². The van der Waals surface area contributed by atoms with Crippen LogP contribution in [-0.4, -0.2) is 32.5 Å². The van der Waals surface area contributed by atoms with Crippen molar-refractivity contribution in [3.05, 3.63) is 59.9 Å². The van der Waals surface area contributed by atoms with Crippen LogP contribution in [0, 0.1) is 5.82 Å². The molecule has 0 aliphatic carbocycles. The number of benzene rings is 2. The van der Waals surface area contributed by atoms with Crippen LogP contribution in [0.2, 0.25) is 0 Å². The quantitative estimate of drug-likeness (QED) is 0.522. The van der Waals surface area contributed by atoms with Gasteiger partial charge in [0.1, 0.15) is 5.82 Å². The van der Waals surface area contributed by atoms with Gasteiger partial charge in [-0.1, -0.05) is 18.2 Å². The molecule has 2 aromatic rings. The maximum Gasteiger partial charge on any atom is 0.240 e. The van der Waals surface area contributed by atoms with Crippen molar-refractivity contribution in [1.29, 1.82) is 0 Å². The third-order valence-electron chi connectivity index (χ3n) is 4.21. The molecule has 3 rings (SSSR count). The molecule has 9 heteroatoms. The van der Waals surface area contributed by atoms with E-state index in [0.717, 1.165) is 4.90 Å². The number of hydrogen-bond donors (Lipinski definition) is 1. The molecule has 0 atom stereocenters. The number of rotatable bonds is 8. The lowest BCUT2D eigenvalue weighted by atomic mass is 10.2. The van der Waals surface area contributed by atoms with Crippen LogP contribution in [0.1, 0.15) is 18.4 Å². The molecule has 0 unspecified atom stereocenters. The van der Waals surface area contributed by atoms with Crippen LogP contribution in [0.15, 0.2) is 53.4 Å². The summed E-state index contributed by atoms with van der Waals surface area (Å²) in [7, 11) is -3.71. The SMILES string of the molecule is O=C1CCC(=O)N1c1ccc(S(=O)(=O)NCCSCc2ccccc2F)cc1. The molecule has 0 radical (unpaired) electrons. The minimum atomic E-state index is -3.71. The van der Waals surface area contributed by atoms with Gasteiger partial charge in [0.25, 0.3) is 0 Å². The highest BCUT2D eigenvalue weighted by Gasteiger charge is 2.30. The second kappa shape index (κ2) is 8.85. The third kappa shape index (κ3) is 4.78. The van der Waals surface area contributed by atoms with E-state index in [-0.39, 0.29) is 41.9 Å². The molecule has 1 saturated heterocycles. The first-order valence-electron chi connectivity index (χ1n) is 8.65. The maximum absolute atomic E-state index is 13.5. The first kappa shape index (κ1) is 20.5. The summed E-state index contributed by atoms with van der Waals surface area (Å²) in [5, 5.41) is 0. The van der Waals surface area contributed by atoms with Crippen LogP contribution in [0.25, 0.3) is 0 Å². The van der Waals surface area contributed by atoms with Gasteiger partial charge in [-0.15, -0.1) is 0 Å². The van der Waals surface area contributed by atoms with Gasteiger partial charge in [0.15, 0.2) is 0 Å². The number of halogens is 1. The summed E-state index contributed by atoms with van der Waals surface area (Å²) in [6.07, 6.45) is 0.343. The molecule has 0 spiro atoms. The van der Waals surface area contributed by atoms with Gasteiger partial charge in [0.2, 0.25) is 21.8 Å². The molecular formula is C19H19FN2O4S2. The summed E-state index contributed by atoms with van der Waals surface area (Å²) in [5.74, 6) is 0.102. The monoisotopic (exact) mass is 422 g/mol. The molecule has 1 aliphatic rings. The highest BCUT2D eigenvalue weighted by molar-refractivity contribution is 7.98. The summed E-state index contributed by atoms with van der Waals surface area (Å²) >= 11 is 1.43. The smallest absolute Gasteiger partial charge is 0.240 e. The Labute approximate surface area is 167 Å². The number of hydrogen-bond acceptors (Lipinski definition) is 5. The predicted octanol–water partition coefficient (Wildman–Crippen LogP) is 2.69. The molecule has 6 nitrogen and oxygen atoms in total. The maximum atomic E-state index is 13.5. The average molecular weight is 423 g/mol. The zero-order valence-electron chi connectivity index (χ0n) is 14.9. The molecule has 1 heterocycles. The van der Waals surface area contributed by atoms with Crippen molar-refractivity contribution in [2.75, 3.05) is 17.2 Å². The van der Waals surface area contributed by atoms with E-state index in [1.165, 1.54) is 42.1 Å². The second-order valence-electron chi connectivity index (χ2n) is 6.16. The summed E-state index contributed by atoms with van der Waals surface area (Å²) in [6, 6.07) is 12.1. The largest absolute Gasteiger partial charge is 0.274 e. The van der Waals surface area contributed by atoms with Gasteiger partial charge < -0.3 is 0 Å². The summed E-state index contributed by atoms with van der Waals surface area (Å²) in [5.41, 5.74) is 0.948. The van der Waals surface area contributed by atoms with Crippen molar-refractivity contribution >= 4 is 39.3 Å². The Kier molecular flexibility index (Phi) is 6.48. The number of sulfonamides is 1. The number of nitrogens with zero attached hydrogens (tertiary/aromatic N) is 1. The Balaban J connectivity index is 1.52. The van der Waals surface area contributed by atoms with E-state index in [2.05, 4.69) is 4.72 Å².